The van der Waals surface area contributed by atoms with Gasteiger partial charge in [-0.15, -0.1) is 0 Å². The summed E-state index contributed by atoms with van der Waals surface area (Å²) in [5.41, 5.74) is 0. The predicted molar refractivity (Wildman–Crippen MR) is 65.9 cm³/mol. The predicted octanol–water partition coefficient (Wildman–Crippen LogP) is 2.03. The summed E-state index contributed by atoms with van der Waals surface area (Å²) in [5, 5.41) is 1.47. The van der Waals surface area contributed by atoms with Gasteiger partial charge in [0.05, 0.1) is 0 Å². The molecule has 70 valence electrons. The van der Waals surface area contributed by atoms with Crippen molar-refractivity contribution in [2.24, 2.45) is 0 Å². The van der Waals surface area contributed by atoms with Crippen LogP contribution >= 0.6 is 22.6 Å². The molecule has 1 saturated heterocycles. The fourth-order valence-corrected chi connectivity index (χ4v) is 4.47. The molecular weight excluding hydrogens is 291 g/mol. The normalized spacial score (nSPS) is 23.0. The molecule has 1 aromatic carbocycles. The molecule has 0 radical (unpaired) electrons. The van der Waals surface area contributed by atoms with Gasteiger partial charge in [-0.3, -0.25) is 0 Å². The topological polar surface area (TPSA) is 9.23 Å². The molecule has 0 amide bonds. The Bertz CT molecular complexity index is 267. The Morgan fingerprint density at radius 2 is 1.92 bits per heavy atom. The monoisotopic (exact) mass is 304 g/mol. The van der Waals surface area contributed by atoms with Gasteiger partial charge in [-0.05, 0) is 52.4 Å². The quantitative estimate of drug-likeness (QED) is 0.570. The third-order valence-corrected chi connectivity index (χ3v) is 5.84. The zero-order valence-corrected chi connectivity index (χ0v) is 10.8. The van der Waals surface area contributed by atoms with Crippen LogP contribution < -0.4 is 5.19 Å². The third kappa shape index (κ3) is 2.54. The van der Waals surface area contributed by atoms with E-state index in [1.165, 1.54) is 27.6 Å². The van der Waals surface area contributed by atoms with E-state index >= 15 is 0 Å². The Kier molecular flexibility index (Phi) is 3.40. The van der Waals surface area contributed by atoms with Gasteiger partial charge in [0.15, 0.2) is 0 Å². The lowest BCUT2D eigenvalue weighted by Crippen LogP contribution is -2.36. The van der Waals surface area contributed by atoms with Crippen LogP contribution in [0, 0.1) is 3.57 Å². The van der Waals surface area contributed by atoms with Gasteiger partial charge in [-0.25, -0.2) is 0 Å². The van der Waals surface area contributed by atoms with Gasteiger partial charge >= 0.3 is 0 Å². The molecule has 1 heterocycles. The number of hydrogen-bond donors (Lipinski definition) is 0. The minimum atomic E-state index is -1.01. The summed E-state index contributed by atoms with van der Waals surface area (Å²) in [4.78, 5) is 0. The van der Waals surface area contributed by atoms with E-state index in [0.717, 1.165) is 6.61 Å². The SMILES string of the molecule is Ic1ccc([SiH]2CCCCO2)cc1. The largest absolute Gasteiger partial charge is 0.415 e. The molecule has 1 atom stereocenters. The molecule has 1 fully saturated rings. The Morgan fingerprint density at radius 1 is 1.15 bits per heavy atom. The lowest BCUT2D eigenvalue weighted by atomic mass is 10.3. The zero-order valence-electron chi connectivity index (χ0n) is 7.50. The Labute approximate surface area is 94.4 Å². The molecule has 1 aliphatic heterocycles. The van der Waals surface area contributed by atoms with Crippen LogP contribution in [-0.4, -0.2) is 15.6 Å². The maximum atomic E-state index is 5.84. The van der Waals surface area contributed by atoms with Crippen molar-refractivity contribution in [3.8, 4) is 0 Å². The summed E-state index contributed by atoms with van der Waals surface area (Å²) < 4.78 is 7.15. The molecule has 0 bridgehead atoms. The highest BCUT2D eigenvalue weighted by atomic mass is 127. The van der Waals surface area contributed by atoms with Crippen LogP contribution in [0.3, 0.4) is 0 Å². The summed E-state index contributed by atoms with van der Waals surface area (Å²) in [6.45, 7) is 0.989. The molecule has 0 N–H and O–H groups in total. The Hall–Kier alpha value is 0.127. The van der Waals surface area contributed by atoms with Crippen LogP contribution in [-0.2, 0) is 4.43 Å². The average molecular weight is 304 g/mol. The molecule has 1 aromatic rings. The molecule has 0 saturated carbocycles. The van der Waals surface area contributed by atoms with E-state index in [2.05, 4.69) is 46.9 Å². The van der Waals surface area contributed by atoms with Gasteiger partial charge in [0.2, 0.25) is 9.04 Å². The second-order valence-corrected chi connectivity index (χ2v) is 7.21. The summed E-state index contributed by atoms with van der Waals surface area (Å²) in [6.07, 6.45) is 2.62. The highest BCUT2D eigenvalue weighted by Gasteiger charge is 2.17. The van der Waals surface area contributed by atoms with Crippen LogP contribution in [0.15, 0.2) is 24.3 Å². The van der Waals surface area contributed by atoms with E-state index in [1.807, 2.05) is 0 Å². The number of hydrogen-bond acceptors (Lipinski definition) is 1. The highest BCUT2D eigenvalue weighted by molar-refractivity contribution is 14.1. The van der Waals surface area contributed by atoms with Crippen molar-refractivity contribution in [3.05, 3.63) is 27.8 Å². The smallest absolute Gasteiger partial charge is 0.208 e. The molecule has 13 heavy (non-hydrogen) atoms. The lowest BCUT2D eigenvalue weighted by molar-refractivity contribution is 0.294. The van der Waals surface area contributed by atoms with Crippen LogP contribution in [0.25, 0.3) is 0 Å². The molecule has 2 rings (SSSR count). The Morgan fingerprint density at radius 3 is 2.54 bits per heavy atom. The Balaban J connectivity index is 2.10. The van der Waals surface area contributed by atoms with Crippen molar-refractivity contribution in [2.75, 3.05) is 6.61 Å². The number of rotatable bonds is 1. The lowest BCUT2D eigenvalue weighted by Gasteiger charge is -2.21. The molecule has 0 spiro atoms. The van der Waals surface area contributed by atoms with Crippen LogP contribution in [0.1, 0.15) is 12.8 Å². The molecule has 1 aliphatic rings. The van der Waals surface area contributed by atoms with Crippen molar-refractivity contribution in [2.45, 2.75) is 18.9 Å². The standard InChI is InChI=1S/C10H13IOSi/c11-9-3-5-10(6-4-9)13-8-2-1-7-12-13/h3-6,13H,1-2,7-8H2. The van der Waals surface area contributed by atoms with Gasteiger partial charge in [-0.2, -0.15) is 0 Å². The first-order chi connectivity index (χ1) is 6.36. The minimum Gasteiger partial charge on any atom is -0.415 e. The van der Waals surface area contributed by atoms with Crippen LogP contribution in [0.2, 0.25) is 6.04 Å². The maximum absolute atomic E-state index is 5.84. The molecule has 3 heteroatoms. The van der Waals surface area contributed by atoms with Gasteiger partial charge < -0.3 is 4.43 Å². The first-order valence-electron chi connectivity index (χ1n) is 4.73. The summed E-state index contributed by atoms with van der Waals surface area (Å²) in [6, 6.07) is 10.2. The summed E-state index contributed by atoms with van der Waals surface area (Å²) >= 11 is 2.34. The first kappa shape index (κ1) is 9.67. The van der Waals surface area contributed by atoms with E-state index in [0.29, 0.717) is 0 Å². The molecule has 0 aromatic heterocycles. The first-order valence-corrected chi connectivity index (χ1v) is 7.68. The molecule has 1 nitrogen and oxygen atoms in total. The summed E-state index contributed by atoms with van der Waals surface area (Å²) in [7, 11) is -1.01. The van der Waals surface area contributed by atoms with E-state index in [4.69, 9.17) is 4.43 Å². The van der Waals surface area contributed by atoms with E-state index in [9.17, 15) is 0 Å². The second-order valence-electron chi connectivity index (χ2n) is 3.41. The van der Waals surface area contributed by atoms with Gasteiger partial charge in [0, 0.05) is 10.2 Å². The van der Waals surface area contributed by atoms with Crippen molar-refractivity contribution in [1.82, 2.24) is 0 Å². The second kappa shape index (κ2) is 4.57. The van der Waals surface area contributed by atoms with Gasteiger partial charge in [-0.1, -0.05) is 18.6 Å². The van der Waals surface area contributed by atoms with Crippen molar-refractivity contribution < 1.29 is 4.43 Å². The zero-order chi connectivity index (χ0) is 9.10. The average Bonchev–Trinajstić information content (AvgIpc) is 2.20. The van der Waals surface area contributed by atoms with Crippen molar-refractivity contribution in [3.63, 3.8) is 0 Å². The molecular formula is C10H13IOSi. The van der Waals surface area contributed by atoms with Crippen molar-refractivity contribution in [1.29, 1.82) is 0 Å². The van der Waals surface area contributed by atoms with Gasteiger partial charge in [0.25, 0.3) is 0 Å². The number of halogens is 1. The highest BCUT2D eigenvalue weighted by Crippen LogP contribution is 2.11. The van der Waals surface area contributed by atoms with E-state index in [1.54, 1.807) is 0 Å². The van der Waals surface area contributed by atoms with Crippen LogP contribution in [0.4, 0.5) is 0 Å². The molecule has 0 aliphatic carbocycles. The number of benzene rings is 1. The minimum absolute atomic E-state index is 0.989. The maximum Gasteiger partial charge on any atom is 0.208 e. The van der Waals surface area contributed by atoms with E-state index in [-0.39, 0.29) is 0 Å². The van der Waals surface area contributed by atoms with E-state index < -0.39 is 9.04 Å². The third-order valence-electron chi connectivity index (χ3n) is 2.42. The van der Waals surface area contributed by atoms with Crippen molar-refractivity contribution >= 4 is 36.8 Å². The molecule has 1 unspecified atom stereocenters. The summed E-state index contributed by atoms with van der Waals surface area (Å²) in [5.74, 6) is 0. The van der Waals surface area contributed by atoms with Gasteiger partial charge in [0.1, 0.15) is 0 Å². The van der Waals surface area contributed by atoms with Crippen LogP contribution in [0.5, 0.6) is 0 Å². The fourth-order valence-electron chi connectivity index (χ4n) is 1.68. The fraction of sp³-hybridized carbons (Fsp3) is 0.400.